The van der Waals surface area contributed by atoms with Crippen LogP contribution in [0.5, 0.6) is 0 Å². The van der Waals surface area contributed by atoms with Crippen LogP contribution in [-0.4, -0.2) is 9.38 Å². The van der Waals surface area contributed by atoms with Gasteiger partial charge in [-0.05, 0) is 73.6 Å². The quantitative estimate of drug-likeness (QED) is 0.222. The molecule has 0 radical (unpaired) electrons. The second kappa shape index (κ2) is 9.43. The monoisotopic (exact) mass is 549 g/mol. The molecule has 43 heavy (non-hydrogen) atoms. The summed E-state index contributed by atoms with van der Waals surface area (Å²) in [5.74, 6) is 0. The van der Waals surface area contributed by atoms with Crippen molar-refractivity contribution < 1.29 is 0 Å². The smallest absolute Gasteiger partial charge is 0.137 e. The molecule has 0 aliphatic carbocycles. The molecule has 8 aromatic rings. The Kier molecular flexibility index (Phi) is 5.26. The van der Waals surface area contributed by atoms with E-state index in [0.29, 0.717) is 0 Å². The summed E-state index contributed by atoms with van der Waals surface area (Å²) in [7, 11) is 0. The molecule has 2 aromatic heterocycles. The third kappa shape index (κ3) is 3.79. The Labute approximate surface area is 249 Å². The SMILES string of the molecule is c1cc(-c2ccc(-c3cn4ccccc4n3)cc2)cc(C2Nc3ccccc3-c3c2c2ccccc2c2ccccc32)c1. The van der Waals surface area contributed by atoms with Gasteiger partial charge in [0.15, 0.2) is 0 Å². The number of hydrogen-bond acceptors (Lipinski definition) is 2. The Morgan fingerprint density at radius 2 is 1.26 bits per heavy atom. The molecule has 1 N–H and O–H groups in total. The molecule has 1 atom stereocenters. The van der Waals surface area contributed by atoms with Gasteiger partial charge in [0.1, 0.15) is 5.65 Å². The summed E-state index contributed by atoms with van der Waals surface area (Å²) in [6.45, 7) is 0. The average Bonchev–Trinajstić information content (AvgIpc) is 3.52. The van der Waals surface area contributed by atoms with Gasteiger partial charge in [-0.2, -0.15) is 0 Å². The zero-order valence-electron chi connectivity index (χ0n) is 23.4. The summed E-state index contributed by atoms with van der Waals surface area (Å²) in [5, 5.41) is 9.13. The van der Waals surface area contributed by atoms with Crippen molar-refractivity contribution in [1.29, 1.82) is 0 Å². The predicted molar refractivity (Wildman–Crippen MR) is 178 cm³/mol. The van der Waals surface area contributed by atoms with Crippen molar-refractivity contribution >= 4 is 32.9 Å². The summed E-state index contributed by atoms with van der Waals surface area (Å²) in [6.07, 6.45) is 4.12. The molecule has 1 aliphatic heterocycles. The molecular weight excluding hydrogens is 522 g/mol. The van der Waals surface area contributed by atoms with Crippen molar-refractivity contribution in [1.82, 2.24) is 9.38 Å². The molecule has 3 heterocycles. The molecule has 0 amide bonds. The van der Waals surface area contributed by atoms with Gasteiger partial charge in [0.05, 0.1) is 11.7 Å². The van der Waals surface area contributed by atoms with Crippen LogP contribution in [0.2, 0.25) is 0 Å². The van der Waals surface area contributed by atoms with Gasteiger partial charge in [-0.15, -0.1) is 0 Å². The molecule has 0 bridgehead atoms. The number of hydrogen-bond donors (Lipinski definition) is 1. The van der Waals surface area contributed by atoms with Gasteiger partial charge in [0, 0.05) is 29.2 Å². The molecule has 0 saturated heterocycles. The fourth-order valence-corrected chi connectivity index (χ4v) is 6.87. The van der Waals surface area contributed by atoms with Gasteiger partial charge in [0.2, 0.25) is 0 Å². The van der Waals surface area contributed by atoms with E-state index >= 15 is 0 Å². The van der Waals surface area contributed by atoms with Crippen molar-refractivity contribution in [3.63, 3.8) is 0 Å². The minimum atomic E-state index is 0.0107. The van der Waals surface area contributed by atoms with E-state index < -0.39 is 0 Å². The van der Waals surface area contributed by atoms with Crippen LogP contribution in [0.3, 0.4) is 0 Å². The maximum Gasteiger partial charge on any atom is 0.137 e. The Balaban J connectivity index is 1.18. The molecule has 1 aliphatic rings. The van der Waals surface area contributed by atoms with Gasteiger partial charge >= 0.3 is 0 Å². The van der Waals surface area contributed by atoms with Crippen LogP contribution in [0.4, 0.5) is 5.69 Å². The number of para-hydroxylation sites is 1. The number of rotatable bonds is 3. The molecule has 202 valence electrons. The number of fused-ring (bicyclic) bond motifs is 9. The zero-order chi connectivity index (χ0) is 28.3. The maximum absolute atomic E-state index is 4.80. The number of anilines is 1. The molecule has 3 nitrogen and oxygen atoms in total. The van der Waals surface area contributed by atoms with Crippen molar-refractivity contribution in [2.45, 2.75) is 6.04 Å². The van der Waals surface area contributed by atoms with Crippen LogP contribution < -0.4 is 5.32 Å². The lowest BCUT2D eigenvalue weighted by molar-refractivity contribution is 0.943. The lowest BCUT2D eigenvalue weighted by Crippen LogP contribution is -2.19. The minimum Gasteiger partial charge on any atom is -0.374 e. The van der Waals surface area contributed by atoms with Crippen LogP contribution in [-0.2, 0) is 0 Å². The first-order valence-electron chi connectivity index (χ1n) is 14.8. The second-order valence-electron chi connectivity index (χ2n) is 11.3. The van der Waals surface area contributed by atoms with E-state index in [1.54, 1.807) is 0 Å². The highest BCUT2D eigenvalue weighted by Crippen LogP contribution is 2.50. The van der Waals surface area contributed by atoms with E-state index in [-0.39, 0.29) is 6.04 Å². The van der Waals surface area contributed by atoms with E-state index in [9.17, 15) is 0 Å². The van der Waals surface area contributed by atoms with E-state index in [1.165, 1.54) is 60.6 Å². The predicted octanol–water partition coefficient (Wildman–Crippen LogP) is 10.2. The van der Waals surface area contributed by atoms with Gasteiger partial charge in [-0.3, -0.25) is 0 Å². The standard InChI is InChI=1S/C40H27N3/c1-3-14-32-30(12-1)31-13-2-4-15-33(31)39-38(32)34-16-5-6-17-35(34)42-40(39)29-11-9-10-28(24-29)26-19-21-27(22-20-26)36-25-43-23-8-7-18-37(43)41-36/h1-25,40,42H. The van der Waals surface area contributed by atoms with Gasteiger partial charge < -0.3 is 9.72 Å². The van der Waals surface area contributed by atoms with Crippen molar-refractivity contribution in [2.75, 3.05) is 5.32 Å². The third-order valence-electron chi connectivity index (χ3n) is 8.86. The third-order valence-corrected chi connectivity index (χ3v) is 8.86. The highest BCUT2D eigenvalue weighted by atomic mass is 15.0. The highest BCUT2D eigenvalue weighted by molar-refractivity contribution is 6.18. The average molecular weight is 550 g/mol. The number of aromatic nitrogens is 2. The summed E-state index contributed by atoms with van der Waals surface area (Å²) < 4.78 is 2.06. The van der Waals surface area contributed by atoms with E-state index in [2.05, 4.69) is 137 Å². The Morgan fingerprint density at radius 3 is 2.09 bits per heavy atom. The van der Waals surface area contributed by atoms with E-state index in [0.717, 1.165) is 16.9 Å². The lowest BCUT2D eigenvalue weighted by atomic mass is 9.80. The van der Waals surface area contributed by atoms with Gasteiger partial charge in [-0.25, -0.2) is 4.98 Å². The van der Waals surface area contributed by atoms with Gasteiger partial charge in [0.25, 0.3) is 0 Å². The topological polar surface area (TPSA) is 29.3 Å². The van der Waals surface area contributed by atoms with Crippen LogP contribution in [0.25, 0.3) is 60.7 Å². The van der Waals surface area contributed by atoms with Crippen LogP contribution in [0.1, 0.15) is 17.2 Å². The minimum absolute atomic E-state index is 0.0107. The van der Waals surface area contributed by atoms with Crippen molar-refractivity contribution in [3.05, 3.63) is 163 Å². The van der Waals surface area contributed by atoms with Crippen LogP contribution >= 0.6 is 0 Å². The summed E-state index contributed by atoms with van der Waals surface area (Å²) in [6, 6.07) is 50.3. The maximum atomic E-state index is 4.80. The summed E-state index contributed by atoms with van der Waals surface area (Å²) in [5.41, 5.74) is 11.8. The van der Waals surface area contributed by atoms with Gasteiger partial charge in [-0.1, -0.05) is 115 Å². The molecule has 9 rings (SSSR count). The highest BCUT2D eigenvalue weighted by Gasteiger charge is 2.29. The first-order chi connectivity index (χ1) is 21.3. The normalized spacial score (nSPS) is 14.0. The number of imidazole rings is 1. The summed E-state index contributed by atoms with van der Waals surface area (Å²) >= 11 is 0. The number of nitrogens with zero attached hydrogens (tertiary/aromatic N) is 2. The molecule has 0 fully saturated rings. The number of pyridine rings is 1. The van der Waals surface area contributed by atoms with Crippen LogP contribution in [0.15, 0.2) is 152 Å². The Morgan fingerprint density at radius 1 is 0.558 bits per heavy atom. The number of benzene rings is 6. The molecular formula is C40H27N3. The van der Waals surface area contributed by atoms with Crippen molar-refractivity contribution in [3.8, 4) is 33.5 Å². The largest absolute Gasteiger partial charge is 0.374 e. The number of nitrogens with one attached hydrogen (secondary N) is 1. The van der Waals surface area contributed by atoms with Crippen molar-refractivity contribution in [2.24, 2.45) is 0 Å². The Hall–Kier alpha value is -5.67. The van der Waals surface area contributed by atoms with E-state index in [4.69, 9.17) is 4.98 Å². The zero-order valence-corrected chi connectivity index (χ0v) is 23.4. The Bertz CT molecular complexity index is 2300. The fraction of sp³-hybridized carbons (Fsp3) is 0.0250. The molecule has 0 saturated carbocycles. The fourth-order valence-electron chi connectivity index (χ4n) is 6.87. The second-order valence-corrected chi connectivity index (χ2v) is 11.3. The first kappa shape index (κ1) is 24.0. The first-order valence-corrected chi connectivity index (χ1v) is 14.8. The molecule has 6 aromatic carbocycles. The molecule has 3 heteroatoms. The van der Waals surface area contributed by atoms with E-state index in [1.807, 2.05) is 24.4 Å². The lowest BCUT2D eigenvalue weighted by Gasteiger charge is -2.33. The van der Waals surface area contributed by atoms with Crippen LogP contribution in [0, 0.1) is 0 Å². The summed E-state index contributed by atoms with van der Waals surface area (Å²) in [4.78, 5) is 4.80. The molecule has 1 unspecified atom stereocenters. The molecule has 0 spiro atoms.